The Balaban J connectivity index is 0.000000144. The van der Waals surface area contributed by atoms with Crippen LogP contribution in [0.1, 0.15) is 0 Å². The summed E-state index contributed by atoms with van der Waals surface area (Å²) in [7, 11) is -3.67. The summed E-state index contributed by atoms with van der Waals surface area (Å²) in [6, 6.07) is 33.4. The predicted molar refractivity (Wildman–Crippen MR) is 105 cm³/mol. The molecular formula is C21H20O3S. The van der Waals surface area contributed by atoms with Crippen LogP contribution in [0.3, 0.4) is 0 Å². The molecule has 128 valence electrons. The second-order valence-electron chi connectivity index (χ2n) is 5.43. The molecule has 1 N–H and O–H groups in total. The topological polar surface area (TPSA) is 54.4 Å². The first kappa shape index (κ1) is 18.6. The molecule has 25 heavy (non-hydrogen) atoms. The smallest absolute Gasteiger partial charge is 0.261 e. The average Bonchev–Trinajstić information content (AvgIpc) is 2.61. The lowest BCUT2D eigenvalue weighted by Crippen LogP contribution is -1.88. The van der Waals surface area contributed by atoms with Crippen LogP contribution in [0.25, 0.3) is 21.5 Å². The summed E-state index contributed by atoms with van der Waals surface area (Å²) in [6.07, 6.45) is 0.715. The first-order valence-corrected chi connectivity index (χ1v) is 9.58. The molecule has 3 nitrogen and oxygen atoms in total. The van der Waals surface area contributed by atoms with E-state index < -0.39 is 10.1 Å². The van der Waals surface area contributed by atoms with Gasteiger partial charge in [-0.25, -0.2) is 0 Å². The van der Waals surface area contributed by atoms with E-state index in [9.17, 15) is 8.42 Å². The van der Waals surface area contributed by atoms with Gasteiger partial charge in [-0.15, -0.1) is 0 Å². The zero-order valence-corrected chi connectivity index (χ0v) is 14.7. The Morgan fingerprint density at radius 2 is 0.640 bits per heavy atom. The van der Waals surface area contributed by atoms with Crippen LogP contribution in [0.15, 0.2) is 97.1 Å². The Morgan fingerprint density at radius 3 is 0.760 bits per heavy atom. The molecule has 0 bridgehead atoms. The van der Waals surface area contributed by atoms with Gasteiger partial charge in [0.25, 0.3) is 10.1 Å². The molecular weight excluding hydrogens is 332 g/mol. The summed E-state index contributed by atoms with van der Waals surface area (Å²) in [4.78, 5) is 0. The van der Waals surface area contributed by atoms with Gasteiger partial charge in [-0.3, -0.25) is 4.55 Å². The van der Waals surface area contributed by atoms with E-state index in [-0.39, 0.29) is 0 Å². The van der Waals surface area contributed by atoms with Gasteiger partial charge < -0.3 is 0 Å². The third-order valence-electron chi connectivity index (χ3n) is 3.32. The van der Waals surface area contributed by atoms with Gasteiger partial charge in [0.1, 0.15) is 0 Å². The first-order chi connectivity index (χ1) is 11.9. The summed E-state index contributed by atoms with van der Waals surface area (Å²) >= 11 is 0. The van der Waals surface area contributed by atoms with E-state index in [0.717, 1.165) is 0 Å². The molecule has 0 aliphatic rings. The van der Waals surface area contributed by atoms with Crippen LogP contribution in [0.4, 0.5) is 0 Å². The van der Waals surface area contributed by atoms with Gasteiger partial charge in [-0.2, -0.15) is 8.42 Å². The molecule has 4 heteroatoms. The molecule has 0 saturated heterocycles. The normalized spacial score (nSPS) is 10.3. The predicted octanol–water partition coefficient (Wildman–Crippen LogP) is 5.18. The minimum Gasteiger partial charge on any atom is -0.286 e. The quantitative estimate of drug-likeness (QED) is 0.443. The SMILES string of the molecule is CS(=O)(=O)O.c1ccc2ccccc2c1.c1ccc2ccccc2c1. The van der Waals surface area contributed by atoms with Gasteiger partial charge in [0.15, 0.2) is 0 Å². The van der Waals surface area contributed by atoms with Crippen LogP contribution < -0.4 is 0 Å². The van der Waals surface area contributed by atoms with E-state index in [0.29, 0.717) is 6.26 Å². The highest BCUT2D eigenvalue weighted by Gasteiger charge is 1.86. The number of hydrogen-bond acceptors (Lipinski definition) is 2. The highest BCUT2D eigenvalue weighted by molar-refractivity contribution is 7.85. The molecule has 0 aromatic heterocycles. The molecule has 4 aromatic rings. The van der Waals surface area contributed by atoms with Crippen LogP contribution in [0.2, 0.25) is 0 Å². The maximum atomic E-state index is 9.19. The molecule has 0 aliphatic heterocycles. The van der Waals surface area contributed by atoms with Gasteiger partial charge in [-0.05, 0) is 21.5 Å². The van der Waals surface area contributed by atoms with Crippen molar-refractivity contribution in [1.82, 2.24) is 0 Å². The van der Waals surface area contributed by atoms with Crippen molar-refractivity contribution in [3.05, 3.63) is 97.1 Å². The molecule has 4 aromatic carbocycles. The molecule has 0 aliphatic carbocycles. The van der Waals surface area contributed by atoms with Crippen LogP contribution in [0, 0.1) is 0 Å². The van der Waals surface area contributed by atoms with E-state index in [1.165, 1.54) is 21.5 Å². The molecule has 4 rings (SSSR count). The van der Waals surface area contributed by atoms with Crippen molar-refractivity contribution in [3.63, 3.8) is 0 Å². The number of rotatable bonds is 0. The van der Waals surface area contributed by atoms with Crippen molar-refractivity contribution < 1.29 is 13.0 Å². The van der Waals surface area contributed by atoms with Gasteiger partial charge in [0, 0.05) is 0 Å². The van der Waals surface area contributed by atoms with E-state index in [2.05, 4.69) is 97.1 Å². The van der Waals surface area contributed by atoms with Crippen LogP contribution in [-0.4, -0.2) is 19.2 Å². The molecule has 0 atom stereocenters. The fourth-order valence-electron chi connectivity index (χ4n) is 2.27. The highest BCUT2D eigenvalue weighted by Crippen LogP contribution is 2.11. The standard InChI is InChI=1S/2C10H8.CH4O3S/c2*1-2-6-10-8-4-3-7-9(10)5-1;1-5(2,3)4/h2*1-8H;1H3,(H,2,3,4). The van der Waals surface area contributed by atoms with E-state index in [1.54, 1.807) is 0 Å². The molecule has 0 radical (unpaired) electrons. The van der Waals surface area contributed by atoms with E-state index in [1.807, 2.05) is 0 Å². The molecule has 0 unspecified atom stereocenters. The summed E-state index contributed by atoms with van der Waals surface area (Å²) in [5.41, 5.74) is 0. The molecule has 0 spiro atoms. The van der Waals surface area contributed by atoms with Crippen molar-refractivity contribution in [1.29, 1.82) is 0 Å². The lowest BCUT2D eigenvalue weighted by Gasteiger charge is -1.92. The molecule has 0 heterocycles. The molecule has 0 amide bonds. The minimum absolute atomic E-state index is 0.715. The Hall–Kier alpha value is -2.69. The van der Waals surface area contributed by atoms with Crippen LogP contribution >= 0.6 is 0 Å². The Morgan fingerprint density at radius 1 is 0.520 bits per heavy atom. The molecule has 0 saturated carbocycles. The maximum absolute atomic E-state index is 9.19. The van der Waals surface area contributed by atoms with Gasteiger partial charge >= 0.3 is 0 Å². The summed E-state index contributed by atoms with van der Waals surface area (Å²) in [5.74, 6) is 0. The molecule has 0 fully saturated rings. The Labute approximate surface area is 148 Å². The van der Waals surface area contributed by atoms with Crippen LogP contribution in [-0.2, 0) is 10.1 Å². The summed E-state index contributed by atoms with van der Waals surface area (Å²) in [6.45, 7) is 0. The number of hydrogen-bond donors (Lipinski definition) is 1. The Bertz CT molecular complexity index is 831. The minimum atomic E-state index is -3.67. The van der Waals surface area contributed by atoms with Crippen molar-refractivity contribution in [2.45, 2.75) is 0 Å². The maximum Gasteiger partial charge on any atom is 0.261 e. The second-order valence-corrected chi connectivity index (χ2v) is 6.89. The summed E-state index contributed by atoms with van der Waals surface area (Å²) < 4.78 is 25.9. The monoisotopic (exact) mass is 352 g/mol. The van der Waals surface area contributed by atoms with Gasteiger partial charge in [0.05, 0.1) is 6.26 Å². The summed E-state index contributed by atoms with van der Waals surface area (Å²) in [5, 5.41) is 5.24. The average molecular weight is 352 g/mol. The largest absolute Gasteiger partial charge is 0.286 e. The first-order valence-electron chi connectivity index (χ1n) is 7.73. The van der Waals surface area contributed by atoms with Crippen molar-refractivity contribution >= 4 is 31.7 Å². The van der Waals surface area contributed by atoms with Crippen molar-refractivity contribution in [2.24, 2.45) is 0 Å². The number of fused-ring (bicyclic) bond motifs is 2. The van der Waals surface area contributed by atoms with Gasteiger partial charge in [0.2, 0.25) is 0 Å². The van der Waals surface area contributed by atoms with E-state index >= 15 is 0 Å². The third kappa shape index (κ3) is 7.16. The zero-order valence-electron chi connectivity index (χ0n) is 13.9. The lowest BCUT2D eigenvalue weighted by atomic mass is 10.1. The van der Waals surface area contributed by atoms with E-state index in [4.69, 9.17) is 4.55 Å². The van der Waals surface area contributed by atoms with Gasteiger partial charge in [-0.1, -0.05) is 97.1 Å². The lowest BCUT2D eigenvalue weighted by molar-refractivity contribution is 0.490. The van der Waals surface area contributed by atoms with Crippen LogP contribution in [0.5, 0.6) is 0 Å². The zero-order chi connectivity index (χ0) is 18.1. The Kier molecular flexibility index (Phi) is 6.69. The number of benzene rings is 4. The third-order valence-corrected chi connectivity index (χ3v) is 3.32. The second kappa shape index (κ2) is 8.97. The fourth-order valence-corrected chi connectivity index (χ4v) is 2.27. The van der Waals surface area contributed by atoms with Crippen molar-refractivity contribution in [2.75, 3.05) is 6.26 Å². The highest BCUT2D eigenvalue weighted by atomic mass is 32.2. The fraction of sp³-hybridized carbons (Fsp3) is 0.0476. The van der Waals surface area contributed by atoms with Crippen molar-refractivity contribution in [3.8, 4) is 0 Å².